The Morgan fingerprint density at radius 2 is 1.71 bits per heavy atom. The summed E-state index contributed by atoms with van der Waals surface area (Å²) in [5, 5.41) is 3.29. The Bertz CT molecular complexity index is 508. The van der Waals surface area contributed by atoms with Crippen LogP contribution < -0.4 is 5.32 Å². The number of aryl methyl sites for hydroxylation is 1. The van der Waals surface area contributed by atoms with Crippen molar-refractivity contribution in [1.82, 2.24) is 9.97 Å². The molecule has 0 aromatic carbocycles. The molecule has 21 heavy (non-hydrogen) atoms. The summed E-state index contributed by atoms with van der Waals surface area (Å²) in [6, 6.07) is 0. The summed E-state index contributed by atoms with van der Waals surface area (Å²) >= 11 is 0. The van der Waals surface area contributed by atoms with E-state index in [9.17, 15) is 0 Å². The van der Waals surface area contributed by atoms with Gasteiger partial charge in [-0.05, 0) is 56.3 Å². The van der Waals surface area contributed by atoms with Gasteiger partial charge in [-0.15, -0.1) is 0 Å². The largest absolute Gasteiger partial charge is 0.373 e. The molecule has 1 N–H and O–H groups in total. The van der Waals surface area contributed by atoms with Crippen LogP contribution in [0.4, 0.5) is 5.82 Å². The Morgan fingerprint density at radius 1 is 1.00 bits per heavy atom. The van der Waals surface area contributed by atoms with Crippen molar-refractivity contribution in [3.63, 3.8) is 0 Å². The maximum atomic E-state index is 4.92. The molecule has 0 spiro atoms. The van der Waals surface area contributed by atoms with Crippen LogP contribution in [-0.4, -0.2) is 17.0 Å². The summed E-state index contributed by atoms with van der Waals surface area (Å²) in [7, 11) is 1.99. The third-order valence-corrected chi connectivity index (χ3v) is 5.50. The lowest BCUT2D eigenvalue weighted by Crippen LogP contribution is -2.26. The molecule has 1 aromatic heterocycles. The zero-order chi connectivity index (χ0) is 15.0. The van der Waals surface area contributed by atoms with Crippen LogP contribution in [0.3, 0.4) is 0 Å². The number of nitrogens with zero attached hydrogens (tertiary/aromatic N) is 2. The van der Waals surface area contributed by atoms with E-state index in [1.54, 1.807) is 0 Å². The lowest BCUT2D eigenvalue weighted by molar-refractivity contribution is 0.167. The molecule has 0 saturated heterocycles. The topological polar surface area (TPSA) is 37.8 Å². The number of fused-ring (bicyclic) bond motifs is 1. The van der Waals surface area contributed by atoms with Gasteiger partial charge in [0.05, 0.1) is 0 Å². The van der Waals surface area contributed by atoms with E-state index < -0.39 is 0 Å². The van der Waals surface area contributed by atoms with Crippen molar-refractivity contribution in [3.8, 4) is 0 Å². The van der Waals surface area contributed by atoms with Crippen LogP contribution in [0.25, 0.3) is 0 Å². The van der Waals surface area contributed by atoms with Gasteiger partial charge in [-0.1, -0.05) is 20.8 Å². The Labute approximate surface area is 129 Å². The number of rotatable bonds is 2. The van der Waals surface area contributed by atoms with Gasteiger partial charge in [0.1, 0.15) is 11.6 Å². The first-order chi connectivity index (χ1) is 9.99. The Balaban J connectivity index is 1.77. The molecule has 2 aliphatic carbocycles. The van der Waals surface area contributed by atoms with Crippen molar-refractivity contribution in [3.05, 3.63) is 17.1 Å². The molecular weight excluding hydrogens is 258 g/mol. The summed E-state index contributed by atoms with van der Waals surface area (Å²) in [6.07, 6.45) is 8.67. The zero-order valence-electron chi connectivity index (χ0n) is 14.0. The van der Waals surface area contributed by atoms with Crippen LogP contribution in [0.2, 0.25) is 0 Å². The Kier molecular flexibility index (Phi) is 3.94. The maximum Gasteiger partial charge on any atom is 0.134 e. The fourth-order valence-electron chi connectivity index (χ4n) is 4.06. The van der Waals surface area contributed by atoms with Gasteiger partial charge in [-0.25, -0.2) is 9.97 Å². The first-order valence-electron chi connectivity index (χ1n) is 8.56. The molecule has 0 unspecified atom stereocenters. The van der Waals surface area contributed by atoms with E-state index in [2.05, 4.69) is 26.1 Å². The second kappa shape index (κ2) is 5.58. The predicted octanol–water partition coefficient (Wildman–Crippen LogP) is 4.33. The number of anilines is 1. The summed E-state index contributed by atoms with van der Waals surface area (Å²) in [6.45, 7) is 7.13. The summed E-state index contributed by atoms with van der Waals surface area (Å²) < 4.78 is 0. The molecule has 1 fully saturated rings. The van der Waals surface area contributed by atoms with Gasteiger partial charge >= 0.3 is 0 Å². The van der Waals surface area contributed by atoms with Crippen molar-refractivity contribution >= 4 is 5.82 Å². The van der Waals surface area contributed by atoms with Crippen LogP contribution in [0, 0.1) is 11.3 Å². The van der Waals surface area contributed by atoms with Crippen molar-refractivity contribution in [2.24, 2.45) is 11.3 Å². The van der Waals surface area contributed by atoms with Gasteiger partial charge in [0, 0.05) is 24.2 Å². The van der Waals surface area contributed by atoms with E-state index in [1.165, 1.54) is 43.4 Å². The van der Waals surface area contributed by atoms with Crippen molar-refractivity contribution < 1.29 is 0 Å². The molecule has 3 heteroatoms. The Hall–Kier alpha value is -1.12. The minimum atomic E-state index is 0.444. The Morgan fingerprint density at radius 3 is 2.33 bits per heavy atom. The quantitative estimate of drug-likeness (QED) is 0.880. The number of nitrogens with one attached hydrogen (secondary N) is 1. The second-order valence-electron chi connectivity index (χ2n) is 7.87. The summed E-state index contributed by atoms with van der Waals surface area (Å²) in [5.41, 5.74) is 3.12. The van der Waals surface area contributed by atoms with Gasteiger partial charge in [-0.3, -0.25) is 0 Å². The van der Waals surface area contributed by atoms with Crippen molar-refractivity contribution in [2.45, 2.75) is 71.6 Å². The molecule has 3 rings (SSSR count). The standard InChI is InChI=1S/C18H29N3/c1-18(2,3)13-10-8-12(9-11-13)16-20-15-7-5-6-14(15)17(19-4)21-16/h12-13H,5-11H2,1-4H3,(H,19,20,21). The van der Waals surface area contributed by atoms with Crippen LogP contribution in [0.5, 0.6) is 0 Å². The van der Waals surface area contributed by atoms with Gasteiger partial charge in [0.2, 0.25) is 0 Å². The SMILES string of the molecule is CNc1nc(C2CCC(C(C)(C)C)CC2)nc2c1CCC2. The molecule has 0 aliphatic heterocycles. The molecule has 0 radical (unpaired) electrons. The van der Waals surface area contributed by atoms with E-state index in [0.29, 0.717) is 11.3 Å². The number of aromatic nitrogens is 2. The fourth-order valence-corrected chi connectivity index (χ4v) is 4.06. The highest BCUT2D eigenvalue weighted by Crippen LogP contribution is 2.43. The fraction of sp³-hybridized carbons (Fsp3) is 0.778. The van der Waals surface area contributed by atoms with E-state index in [1.807, 2.05) is 7.05 Å². The number of hydrogen-bond donors (Lipinski definition) is 1. The van der Waals surface area contributed by atoms with Crippen LogP contribution in [0.1, 0.15) is 75.9 Å². The summed E-state index contributed by atoms with van der Waals surface area (Å²) in [4.78, 5) is 9.77. The molecule has 1 aromatic rings. The van der Waals surface area contributed by atoms with Gasteiger partial charge in [-0.2, -0.15) is 0 Å². The molecule has 0 atom stereocenters. The lowest BCUT2D eigenvalue weighted by atomic mass is 9.69. The van der Waals surface area contributed by atoms with Gasteiger partial charge in [0.15, 0.2) is 0 Å². The van der Waals surface area contributed by atoms with Crippen LogP contribution in [0.15, 0.2) is 0 Å². The smallest absolute Gasteiger partial charge is 0.134 e. The highest BCUT2D eigenvalue weighted by atomic mass is 15.0. The summed E-state index contributed by atoms with van der Waals surface area (Å²) in [5.74, 6) is 3.62. The van der Waals surface area contributed by atoms with E-state index >= 15 is 0 Å². The normalized spacial score (nSPS) is 25.7. The van der Waals surface area contributed by atoms with Crippen LogP contribution >= 0.6 is 0 Å². The maximum absolute atomic E-state index is 4.92. The van der Waals surface area contributed by atoms with Crippen molar-refractivity contribution in [1.29, 1.82) is 0 Å². The molecule has 116 valence electrons. The highest BCUT2D eigenvalue weighted by molar-refractivity contribution is 5.48. The average Bonchev–Trinajstić information content (AvgIpc) is 2.93. The lowest BCUT2D eigenvalue weighted by Gasteiger charge is -2.36. The van der Waals surface area contributed by atoms with Crippen LogP contribution in [-0.2, 0) is 12.8 Å². The second-order valence-corrected chi connectivity index (χ2v) is 7.87. The van der Waals surface area contributed by atoms with Gasteiger partial charge in [0.25, 0.3) is 0 Å². The minimum Gasteiger partial charge on any atom is -0.373 e. The number of hydrogen-bond acceptors (Lipinski definition) is 3. The molecule has 0 amide bonds. The minimum absolute atomic E-state index is 0.444. The first-order valence-corrected chi connectivity index (χ1v) is 8.56. The third-order valence-electron chi connectivity index (χ3n) is 5.50. The predicted molar refractivity (Wildman–Crippen MR) is 87.8 cm³/mol. The molecule has 3 nitrogen and oxygen atoms in total. The molecular formula is C18H29N3. The molecule has 1 saturated carbocycles. The highest BCUT2D eigenvalue weighted by Gasteiger charge is 2.32. The van der Waals surface area contributed by atoms with E-state index in [0.717, 1.165) is 30.4 Å². The average molecular weight is 287 g/mol. The van der Waals surface area contributed by atoms with E-state index in [4.69, 9.17) is 9.97 Å². The van der Waals surface area contributed by atoms with Gasteiger partial charge < -0.3 is 5.32 Å². The monoisotopic (exact) mass is 287 g/mol. The zero-order valence-corrected chi connectivity index (χ0v) is 14.0. The van der Waals surface area contributed by atoms with E-state index in [-0.39, 0.29) is 0 Å². The molecule has 2 aliphatic rings. The molecule has 1 heterocycles. The van der Waals surface area contributed by atoms with Crippen molar-refractivity contribution in [2.75, 3.05) is 12.4 Å². The molecule has 0 bridgehead atoms. The third kappa shape index (κ3) is 2.93. The first kappa shape index (κ1) is 14.8.